The topological polar surface area (TPSA) is 78.5 Å². The molecule has 1 amide bonds. The van der Waals surface area contributed by atoms with Crippen LogP contribution in [0.4, 0.5) is 0 Å². The van der Waals surface area contributed by atoms with E-state index in [-0.39, 0.29) is 16.8 Å². The van der Waals surface area contributed by atoms with E-state index >= 15 is 0 Å². The molecule has 31 heavy (non-hydrogen) atoms. The Morgan fingerprint density at radius 2 is 1.65 bits per heavy atom. The molecule has 7 heteroatoms. The first-order valence-electron chi connectivity index (χ1n) is 10.9. The van der Waals surface area contributed by atoms with E-state index in [9.17, 15) is 13.2 Å². The molecule has 1 heterocycles. The van der Waals surface area contributed by atoms with Crippen molar-refractivity contribution in [3.63, 3.8) is 0 Å². The molecule has 0 unspecified atom stereocenters. The lowest BCUT2D eigenvalue weighted by atomic mass is 9.98. The lowest BCUT2D eigenvalue weighted by molar-refractivity contribution is 0.0950. The molecule has 1 saturated heterocycles. The highest BCUT2D eigenvalue weighted by Crippen LogP contribution is 2.20. The van der Waals surface area contributed by atoms with E-state index in [0.717, 1.165) is 31.1 Å². The Morgan fingerprint density at radius 3 is 2.26 bits per heavy atom. The summed E-state index contributed by atoms with van der Waals surface area (Å²) in [6, 6.07) is 14.0. The average molecular weight is 444 g/mol. The monoisotopic (exact) mass is 443 g/mol. The molecule has 0 spiro atoms. The maximum absolute atomic E-state index is 12.6. The van der Waals surface area contributed by atoms with Crippen molar-refractivity contribution in [1.29, 1.82) is 0 Å². The van der Waals surface area contributed by atoms with Gasteiger partial charge in [-0.1, -0.05) is 31.2 Å². The summed E-state index contributed by atoms with van der Waals surface area (Å²) in [4.78, 5) is 15.2. The molecule has 1 fully saturated rings. The van der Waals surface area contributed by atoms with Crippen LogP contribution in [0.15, 0.2) is 53.4 Å². The van der Waals surface area contributed by atoms with Gasteiger partial charge in [-0.15, -0.1) is 0 Å². The number of hydrogen-bond donors (Lipinski definition) is 2. The van der Waals surface area contributed by atoms with Crippen LogP contribution < -0.4 is 10.0 Å². The number of carbonyl (C=O) groups is 1. The van der Waals surface area contributed by atoms with Gasteiger partial charge in [0.2, 0.25) is 10.0 Å². The molecular formula is C24H33N3O3S. The van der Waals surface area contributed by atoms with Crippen LogP contribution in [0.5, 0.6) is 0 Å². The van der Waals surface area contributed by atoms with Gasteiger partial charge in [0.05, 0.1) is 4.90 Å². The first-order valence-corrected chi connectivity index (χ1v) is 12.4. The first-order chi connectivity index (χ1) is 14.7. The maximum atomic E-state index is 12.6. The Balaban J connectivity index is 1.61. The number of benzene rings is 2. The number of carbonyl (C=O) groups excluding carboxylic acids is 1. The summed E-state index contributed by atoms with van der Waals surface area (Å²) >= 11 is 0. The SMILES string of the molecule is CC1CCN(Cc2ccccc2CNC(=O)c2ccc(S(=O)(=O)NC(C)C)cc2)CC1. The largest absolute Gasteiger partial charge is 0.348 e. The van der Waals surface area contributed by atoms with Crippen LogP contribution in [0, 0.1) is 5.92 Å². The molecule has 2 N–H and O–H groups in total. The summed E-state index contributed by atoms with van der Waals surface area (Å²) in [6.07, 6.45) is 2.47. The molecule has 3 rings (SSSR count). The number of likely N-dealkylation sites (tertiary alicyclic amines) is 1. The minimum absolute atomic E-state index is 0.152. The highest BCUT2D eigenvalue weighted by atomic mass is 32.2. The minimum atomic E-state index is -3.57. The van der Waals surface area contributed by atoms with Gasteiger partial charge in [-0.05, 0) is 81.1 Å². The zero-order valence-electron chi connectivity index (χ0n) is 18.6. The standard InChI is InChI=1S/C24H33N3O3S/c1-18(2)26-31(29,30)23-10-8-20(9-11-23)24(28)25-16-21-6-4-5-7-22(21)17-27-14-12-19(3)13-15-27/h4-11,18-19,26H,12-17H2,1-3H3,(H,25,28). The lowest BCUT2D eigenvalue weighted by Gasteiger charge is -2.30. The summed E-state index contributed by atoms with van der Waals surface area (Å²) in [5.74, 6) is 0.579. The Kier molecular flexibility index (Phi) is 7.86. The predicted octanol–water partition coefficient (Wildman–Crippen LogP) is 3.54. The van der Waals surface area contributed by atoms with E-state index in [1.54, 1.807) is 26.0 Å². The van der Waals surface area contributed by atoms with Crippen LogP contribution in [-0.2, 0) is 23.1 Å². The molecule has 2 aromatic carbocycles. The van der Waals surface area contributed by atoms with Crippen molar-refractivity contribution in [2.45, 2.75) is 57.6 Å². The zero-order chi connectivity index (χ0) is 22.4. The van der Waals surface area contributed by atoms with Crippen LogP contribution in [0.2, 0.25) is 0 Å². The van der Waals surface area contributed by atoms with Crippen molar-refractivity contribution in [3.8, 4) is 0 Å². The Morgan fingerprint density at radius 1 is 1.03 bits per heavy atom. The van der Waals surface area contributed by atoms with Crippen molar-refractivity contribution in [1.82, 2.24) is 14.9 Å². The molecule has 0 atom stereocenters. The molecule has 0 radical (unpaired) electrons. The molecule has 6 nitrogen and oxygen atoms in total. The highest BCUT2D eigenvalue weighted by molar-refractivity contribution is 7.89. The Labute approximate surface area is 186 Å². The van der Waals surface area contributed by atoms with Crippen LogP contribution in [0.1, 0.15) is 55.1 Å². The molecule has 0 aliphatic carbocycles. The number of hydrogen-bond acceptors (Lipinski definition) is 4. The van der Waals surface area contributed by atoms with Crippen molar-refractivity contribution in [2.24, 2.45) is 5.92 Å². The third kappa shape index (κ3) is 6.63. The highest BCUT2D eigenvalue weighted by Gasteiger charge is 2.18. The van der Waals surface area contributed by atoms with E-state index in [2.05, 4.69) is 34.0 Å². The van der Waals surface area contributed by atoms with E-state index in [0.29, 0.717) is 12.1 Å². The Bertz CT molecular complexity index is 979. The molecule has 0 bridgehead atoms. The van der Waals surface area contributed by atoms with Gasteiger partial charge in [0.15, 0.2) is 0 Å². The third-order valence-corrected chi connectivity index (χ3v) is 7.32. The number of piperidine rings is 1. The van der Waals surface area contributed by atoms with Gasteiger partial charge in [0.25, 0.3) is 5.91 Å². The molecule has 168 valence electrons. The predicted molar refractivity (Wildman–Crippen MR) is 123 cm³/mol. The van der Waals surface area contributed by atoms with Crippen LogP contribution in [-0.4, -0.2) is 38.4 Å². The zero-order valence-corrected chi connectivity index (χ0v) is 19.4. The number of nitrogens with zero attached hydrogens (tertiary/aromatic N) is 1. The molecule has 2 aromatic rings. The summed E-state index contributed by atoms with van der Waals surface area (Å²) in [7, 11) is -3.57. The van der Waals surface area contributed by atoms with Crippen molar-refractivity contribution >= 4 is 15.9 Å². The number of nitrogens with one attached hydrogen (secondary N) is 2. The quantitative estimate of drug-likeness (QED) is 0.654. The maximum Gasteiger partial charge on any atom is 0.251 e. The lowest BCUT2D eigenvalue weighted by Crippen LogP contribution is -2.33. The van der Waals surface area contributed by atoms with Crippen molar-refractivity contribution in [3.05, 3.63) is 65.2 Å². The van der Waals surface area contributed by atoms with Gasteiger partial charge < -0.3 is 5.32 Å². The second kappa shape index (κ2) is 10.4. The van der Waals surface area contributed by atoms with Crippen LogP contribution >= 0.6 is 0 Å². The minimum Gasteiger partial charge on any atom is -0.348 e. The van der Waals surface area contributed by atoms with Crippen molar-refractivity contribution in [2.75, 3.05) is 13.1 Å². The second-order valence-corrected chi connectivity index (χ2v) is 10.4. The molecular weight excluding hydrogens is 410 g/mol. The van der Waals surface area contributed by atoms with Gasteiger partial charge in [-0.2, -0.15) is 0 Å². The summed E-state index contributed by atoms with van der Waals surface area (Å²) in [6.45, 7) is 9.41. The van der Waals surface area contributed by atoms with Gasteiger partial charge in [-0.25, -0.2) is 13.1 Å². The smallest absolute Gasteiger partial charge is 0.251 e. The number of rotatable bonds is 8. The molecule has 0 aromatic heterocycles. The normalized spacial score (nSPS) is 15.9. The van der Waals surface area contributed by atoms with Crippen LogP contribution in [0.3, 0.4) is 0 Å². The Hall–Kier alpha value is -2.22. The van der Waals surface area contributed by atoms with E-state index < -0.39 is 10.0 Å². The van der Waals surface area contributed by atoms with E-state index in [1.165, 1.54) is 30.5 Å². The van der Waals surface area contributed by atoms with Crippen molar-refractivity contribution < 1.29 is 13.2 Å². The third-order valence-electron chi connectivity index (χ3n) is 5.65. The van der Waals surface area contributed by atoms with Gasteiger partial charge in [0, 0.05) is 24.7 Å². The average Bonchev–Trinajstić information content (AvgIpc) is 2.74. The number of amides is 1. The van der Waals surface area contributed by atoms with E-state index in [4.69, 9.17) is 0 Å². The first kappa shape index (κ1) is 23.4. The summed E-state index contributed by atoms with van der Waals surface area (Å²) in [5.41, 5.74) is 2.78. The van der Waals surface area contributed by atoms with Gasteiger partial charge in [0.1, 0.15) is 0 Å². The van der Waals surface area contributed by atoms with Gasteiger partial charge in [-0.3, -0.25) is 9.69 Å². The van der Waals surface area contributed by atoms with Crippen LogP contribution in [0.25, 0.3) is 0 Å². The molecule has 1 aliphatic heterocycles. The van der Waals surface area contributed by atoms with Gasteiger partial charge >= 0.3 is 0 Å². The van der Waals surface area contributed by atoms with E-state index in [1.807, 2.05) is 12.1 Å². The summed E-state index contributed by atoms with van der Waals surface area (Å²) < 4.78 is 27.0. The number of sulfonamides is 1. The fraction of sp³-hybridized carbons (Fsp3) is 0.458. The fourth-order valence-electron chi connectivity index (χ4n) is 3.79. The molecule has 1 aliphatic rings. The molecule has 0 saturated carbocycles. The fourth-order valence-corrected chi connectivity index (χ4v) is 5.04. The summed E-state index contributed by atoms with van der Waals surface area (Å²) in [5, 5.41) is 2.97. The second-order valence-electron chi connectivity index (χ2n) is 8.71.